The molecule has 0 bridgehead atoms. The highest BCUT2D eigenvalue weighted by Crippen LogP contribution is 2.27. The van der Waals surface area contributed by atoms with Gasteiger partial charge in [-0.05, 0) is 50.6 Å². The number of anilines is 1. The van der Waals surface area contributed by atoms with Gasteiger partial charge in [0.15, 0.2) is 0 Å². The third kappa shape index (κ3) is 3.31. The van der Waals surface area contributed by atoms with Crippen molar-refractivity contribution in [3.8, 4) is 6.07 Å². The Morgan fingerprint density at radius 2 is 2.12 bits per heavy atom. The van der Waals surface area contributed by atoms with Crippen LogP contribution in [0.25, 0.3) is 0 Å². The number of carbonyl (C=O) groups is 2. The molecule has 2 atom stereocenters. The van der Waals surface area contributed by atoms with Gasteiger partial charge in [-0.25, -0.2) is 4.39 Å². The number of carbonyl (C=O) groups excluding carboxylic acids is 2. The van der Waals surface area contributed by atoms with Crippen LogP contribution in [0.5, 0.6) is 0 Å². The molecule has 26 heavy (non-hydrogen) atoms. The van der Waals surface area contributed by atoms with E-state index in [9.17, 15) is 14.0 Å². The maximum Gasteiger partial charge on any atom is 0.270 e. The Kier molecular flexibility index (Phi) is 4.76. The number of benzene rings is 1. The van der Waals surface area contributed by atoms with Gasteiger partial charge < -0.3 is 15.2 Å². The van der Waals surface area contributed by atoms with Gasteiger partial charge in [-0.3, -0.25) is 9.59 Å². The van der Waals surface area contributed by atoms with E-state index in [1.807, 2.05) is 19.9 Å². The minimum atomic E-state index is -0.627. The third-order valence-corrected chi connectivity index (χ3v) is 4.77. The Balaban J connectivity index is 1.69. The number of rotatable bonds is 3. The molecular weight excluding hydrogens is 335 g/mol. The fourth-order valence-electron chi connectivity index (χ4n) is 3.28. The largest absolute Gasteiger partial charge is 0.355 e. The summed E-state index contributed by atoms with van der Waals surface area (Å²) in [7, 11) is 0. The fourth-order valence-corrected chi connectivity index (χ4v) is 3.28. The molecular formula is C19H19FN4O2. The van der Waals surface area contributed by atoms with E-state index >= 15 is 0 Å². The van der Waals surface area contributed by atoms with Crippen LogP contribution in [0.4, 0.5) is 10.1 Å². The molecule has 1 aliphatic heterocycles. The minimum absolute atomic E-state index is 0.124. The molecule has 2 N–H and O–H groups in total. The second-order valence-electron chi connectivity index (χ2n) is 6.49. The van der Waals surface area contributed by atoms with Crippen molar-refractivity contribution in [2.45, 2.75) is 26.3 Å². The highest BCUT2D eigenvalue weighted by molar-refractivity contribution is 5.96. The Morgan fingerprint density at radius 1 is 1.35 bits per heavy atom. The highest BCUT2D eigenvalue weighted by atomic mass is 19.1. The van der Waals surface area contributed by atoms with Gasteiger partial charge in [-0.2, -0.15) is 5.26 Å². The molecule has 1 fully saturated rings. The van der Waals surface area contributed by atoms with E-state index in [2.05, 4.69) is 10.3 Å². The Morgan fingerprint density at radius 3 is 2.77 bits per heavy atom. The second-order valence-corrected chi connectivity index (χ2v) is 6.49. The van der Waals surface area contributed by atoms with Crippen molar-refractivity contribution in [1.82, 2.24) is 9.88 Å². The summed E-state index contributed by atoms with van der Waals surface area (Å²) < 4.78 is 13.4. The van der Waals surface area contributed by atoms with Gasteiger partial charge in [0.05, 0.1) is 11.5 Å². The summed E-state index contributed by atoms with van der Waals surface area (Å²) in [5, 5.41) is 11.6. The van der Waals surface area contributed by atoms with E-state index in [1.54, 1.807) is 17.0 Å². The highest BCUT2D eigenvalue weighted by Gasteiger charge is 2.38. The monoisotopic (exact) mass is 354 g/mol. The molecule has 3 rings (SSSR count). The Bertz CT molecular complexity index is 899. The number of likely N-dealkylation sites (tertiary alicyclic amines) is 1. The lowest BCUT2D eigenvalue weighted by atomic mass is 10.0. The zero-order valence-corrected chi connectivity index (χ0v) is 14.5. The first-order valence-corrected chi connectivity index (χ1v) is 8.38. The van der Waals surface area contributed by atoms with E-state index in [0.29, 0.717) is 24.3 Å². The molecule has 2 heterocycles. The molecule has 0 saturated carbocycles. The summed E-state index contributed by atoms with van der Waals surface area (Å²) in [5.41, 5.74) is 1.65. The van der Waals surface area contributed by atoms with E-state index < -0.39 is 5.82 Å². The van der Waals surface area contributed by atoms with Crippen LogP contribution >= 0.6 is 0 Å². The number of nitrogens with zero attached hydrogens (tertiary/aromatic N) is 2. The average Bonchev–Trinajstić information content (AvgIpc) is 3.22. The number of aromatic amines is 1. The molecule has 1 saturated heterocycles. The maximum atomic E-state index is 13.4. The summed E-state index contributed by atoms with van der Waals surface area (Å²) in [6.45, 7) is 4.21. The van der Waals surface area contributed by atoms with Crippen LogP contribution < -0.4 is 5.32 Å². The molecule has 0 radical (unpaired) electrons. The van der Waals surface area contributed by atoms with Crippen LogP contribution in [0.2, 0.25) is 0 Å². The lowest BCUT2D eigenvalue weighted by molar-refractivity contribution is -0.120. The average molecular weight is 354 g/mol. The predicted octanol–water partition coefficient (Wildman–Crippen LogP) is 2.82. The molecule has 6 nitrogen and oxygen atoms in total. The van der Waals surface area contributed by atoms with Crippen LogP contribution in [-0.4, -0.2) is 34.3 Å². The number of halogens is 1. The molecule has 2 amide bonds. The lowest BCUT2D eigenvalue weighted by Gasteiger charge is -2.24. The van der Waals surface area contributed by atoms with E-state index in [4.69, 9.17) is 5.26 Å². The first kappa shape index (κ1) is 17.7. The van der Waals surface area contributed by atoms with Crippen molar-refractivity contribution in [1.29, 1.82) is 5.26 Å². The van der Waals surface area contributed by atoms with Gasteiger partial charge in [-0.15, -0.1) is 0 Å². The van der Waals surface area contributed by atoms with E-state index in [-0.39, 0.29) is 29.3 Å². The van der Waals surface area contributed by atoms with Crippen LogP contribution in [0.3, 0.4) is 0 Å². The van der Waals surface area contributed by atoms with Crippen molar-refractivity contribution < 1.29 is 14.0 Å². The summed E-state index contributed by atoms with van der Waals surface area (Å²) >= 11 is 0. The SMILES string of the molecule is Cc1ccc(C(=O)N2CC[C@H](C(=O)Nc3ccc(F)c(C#N)c3)[C@@H]2C)[nH]1. The van der Waals surface area contributed by atoms with Gasteiger partial charge in [0.1, 0.15) is 17.6 Å². The van der Waals surface area contributed by atoms with Gasteiger partial charge in [0.25, 0.3) is 5.91 Å². The van der Waals surface area contributed by atoms with Crippen LogP contribution in [0.1, 0.15) is 35.1 Å². The first-order chi connectivity index (χ1) is 12.4. The topological polar surface area (TPSA) is 89.0 Å². The van der Waals surface area contributed by atoms with E-state index in [0.717, 1.165) is 11.8 Å². The number of aryl methyl sites for hydroxylation is 1. The van der Waals surface area contributed by atoms with Crippen molar-refractivity contribution in [2.24, 2.45) is 5.92 Å². The number of hydrogen-bond donors (Lipinski definition) is 2. The fraction of sp³-hybridized carbons (Fsp3) is 0.316. The standard InChI is InChI=1S/C19H19FN4O2/c1-11-3-6-17(22-11)19(26)24-8-7-15(12(24)2)18(25)23-14-4-5-16(20)13(9-14)10-21/h3-6,9,12,15,22H,7-8H2,1-2H3,(H,23,25)/t12-,15-/m0/s1. The zero-order valence-electron chi connectivity index (χ0n) is 14.5. The minimum Gasteiger partial charge on any atom is -0.355 e. The summed E-state index contributed by atoms with van der Waals surface area (Å²) in [5.74, 6) is -1.37. The lowest BCUT2D eigenvalue weighted by Crippen LogP contribution is -2.39. The van der Waals surface area contributed by atoms with Gasteiger partial charge in [0, 0.05) is 24.0 Å². The molecule has 0 spiro atoms. The summed E-state index contributed by atoms with van der Waals surface area (Å²) in [6.07, 6.45) is 0.546. The number of amides is 2. The quantitative estimate of drug-likeness (QED) is 0.888. The molecule has 1 aromatic heterocycles. The number of hydrogen-bond acceptors (Lipinski definition) is 3. The molecule has 2 aromatic rings. The third-order valence-electron chi connectivity index (χ3n) is 4.77. The van der Waals surface area contributed by atoms with Crippen molar-refractivity contribution in [2.75, 3.05) is 11.9 Å². The predicted molar refractivity (Wildman–Crippen MR) is 93.9 cm³/mol. The number of aromatic nitrogens is 1. The smallest absolute Gasteiger partial charge is 0.270 e. The van der Waals surface area contributed by atoms with Crippen LogP contribution in [0.15, 0.2) is 30.3 Å². The van der Waals surface area contributed by atoms with Gasteiger partial charge in [-0.1, -0.05) is 0 Å². The number of nitriles is 1. The number of H-pyrrole nitrogens is 1. The van der Waals surface area contributed by atoms with Crippen molar-refractivity contribution >= 4 is 17.5 Å². The van der Waals surface area contributed by atoms with E-state index in [1.165, 1.54) is 12.1 Å². The second kappa shape index (κ2) is 7.00. The van der Waals surface area contributed by atoms with Crippen molar-refractivity contribution in [3.63, 3.8) is 0 Å². The molecule has 134 valence electrons. The van der Waals surface area contributed by atoms with Crippen LogP contribution in [-0.2, 0) is 4.79 Å². The molecule has 0 unspecified atom stereocenters. The van der Waals surface area contributed by atoms with Gasteiger partial charge in [0.2, 0.25) is 5.91 Å². The Labute approximate surface area is 150 Å². The first-order valence-electron chi connectivity index (χ1n) is 8.38. The molecule has 1 aliphatic rings. The van der Waals surface area contributed by atoms with Crippen molar-refractivity contribution in [3.05, 3.63) is 53.1 Å². The molecule has 7 heteroatoms. The van der Waals surface area contributed by atoms with Gasteiger partial charge >= 0.3 is 0 Å². The maximum absolute atomic E-state index is 13.4. The summed E-state index contributed by atoms with van der Waals surface area (Å²) in [6, 6.07) is 8.92. The normalized spacial score (nSPS) is 19.2. The zero-order chi connectivity index (χ0) is 18.8. The molecule has 1 aromatic carbocycles. The van der Waals surface area contributed by atoms with Crippen LogP contribution in [0, 0.1) is 30.0 Å². The molecule has 0 aliphatic carbocycles. The number of nitrogens with one attached hydrogen (secondary N) is 2. The Hall–Kier alpha value is -3.14. The summed E-state index contributed by atoms with van der Waals surface area (Å²) in [4.78, 5) is 29.9.